The topological polar surface area (TPSA) is 45.2 Å². The van der Waals surface area contributed by atoms with Gasteiger partial charge in [-0.1, -0.05) is 26.3 Å². The van der Waals surface area contributed by atoms with Gasteiger partial charge >= 0.3 is 0 Å². The number of hydrogen-bond donors (Lipinski definition) is 1. The SMILES string of the molecule is CC(C)[C@H]1CN(Cc2ccccn2)C[C@@H]1NC(=O)CC1CCC1.Cl. The van der Waals surface area contributed by atoms with E-state index in [-0.39, 0.29) is 24.4 Å². The molecule has 1 saturated carbocycles. The van der Waals surface area contributed by atoms with Gasteiger partial charge < -0.3 is 5.32 Å². The molecule has 1 saturated heterocycles. The Morgan fingerprint density at radius 2 is 2.12 bits per heavy atom. The lowest BCUT2D eigenvalue weighted by Gasteiger charge is -2.27. The zero-order valence-electron chi connectivity index (χ0n) is 14.8. The quantitative estimate of drug-likeness (QED) is 0.855. The van der Waals surface area contributed by atoms with Crippen molar-refractivity contribution in [2.45, 2.75) is 52.1 Å². The molecule has 0 unspecified atom stereocenters. The first kappa shape index (κ1) is 19.2. The Bertz CT molecular complexity index is 519. The van der Waals surface area contributed by atoms with Crippen LogP contribution in [0.25, 0.3) is 0 Å². The predicted octanol–water partition coefficient (Wildman–Crippen LogP) is 3.27. The van der Waals surface area contributed by atoms with Gasteiger partial charge in [-0.3, -0.25) is 14.7 Å². The van der Waals surface area contributed by atoms with Gasteiger partial charge in [0, 0.05) is 38.3 Å². The third-order valence-corrected chi connectivity index (χ3v) is 5.45. The lowest BCUT2D eigenvalue weighted by molar-refractivity contribution is -0.123. The van der Waals surface area contributed by atoms with Gasteiger partial charge in [0.15, 0.2) is 0 Å². The maximum atomic E-state index is 12.3. The minimum atomic E-state index is 0. The summed E-state index contributed by atoms with van der Waals surface area (Å²) >= 11 is 0. The van der Waals surface area contributed by atoms with Crippen molar-refractivity contribution >= 4 is 18.3 Å². The normalized spacial score (nSPS) is 24.5. The summed E-state index contributed by atoms with van der Waals surface area (Å²) in [7, 11) is 0. The van der Waals surface area contributed by atoms with Gasteiger partial charge in [-0.05, 0) is 42.7 Å². The molecule has 4 nitrogen and oxygen atoms in total. The molecule has 0 radical (unpaired) electrons. The monoisotopic (exact) mass is 351 g/mol. The molecule has 2 atom stereocenters. The van der Waals surface area contributed by atoms with Crippen LogP contribution in [0, 0.1) is 17.8 Å². The second-order valence-corrected chi connectivity index (χ2v) is 7.60. The van der Waals surface area contributed by atoms with Crippen molar-refractivity contribution in [3.8, 4) is 0 Å². The van der Waals surface area contributed by atoms with Gasteiger partial charge in [0.05, 0.1) is 5.69 Å². The maximum Gasteiger partial charge on any atom is 0.220 e. The van der Waals surface area contributed by atoms with Crippen molar-refractivity contribution in [1.29, 1.82) is 0 Å². The van der Waals surface area contributed by atoms with Crippen LogP contribution in [0.5, 0.6) is 0 Å². The van der Waals surface area contributed by atoms with Gasteiger partial charge in [-0.15, -0.1) is 12.4 Å². The fourth-order valence-electron chi connectivity index (χ4n) is 3.82. The number of aromatic nitrogens is 1. The van der Waals surface area contributed by atoms with E-state index < -0.39 is 0 Å². The van der Waals surface area contributed by atoms with Crippen LogP contribution in [0.3, 0.4) is 0 Å². The molecular weight excluding hydrogens is 322 g/mol. The molecule has 2 aliphatic rings. The average molecular weight is 352 g/mol. The average Bonchev–Trinajstić information content (AvgIpc) is 2.87. The van der Waals surface area contributed by atoms with E-state index in [2.05, 4.69) is 35.1 Å². The molecule has 5 heteroatoms. The minimum Gasteiger partial charge on any atom is -0.352 e. The Morgan fingerprint density at radius 3 is 2.71 bits per heavy atom. The summed E-state index contributed by atoms with van der Waals surface area (Å²) < 4.78 is 0. The van der Waals surface area contributed by atoms with Crippen molar-refractivity contribution in [2.24, 2.45) is 17.8 Å². The van der Waals surface area contributed by atoms with E-state index in [1.807, 2.05) is 18.3 Å². The summed E-state index contributed by atoms with van der Waals surface area (Å²) in [5, 5.41) is 3.32. The number of amides is 1. The van der Waals surface area contributed by atoms with Gasteiger partial charge in [0.2, 0.25) is 5.91 Å². The second-order valence-electron chi connectivity index (χ2n) is 7.60. The van der Waals surface area contributed by atoms with Crippen molar-refractivity contribution in [3.63, 3.8) is 0 Å². The zero-order valence-corrected chi connectivity index (χ0v) is 15.6. The Balaban J connectivity index is 0.00000208. The molecule has 1 aliphatic carbocycles. The molecule has 1 aromatic rings. The first-order valence-electron chi connectivity index (χ1n) is 9.03. The third-order valence-electron chi connectivity index (χ3n) is 5.45. The molecule has 0 aromatic carbocycles. The van der Waals surface area contributed by atoms with Crippen molar-refractivity contribution < 1.29 is 4.79 Å². The van der Waals surface area contributed by atoms with Gasteiger partial charge in [-0.25, -0.2) is 0 Å². The van der Waals surface area contributed by atoms with Crippen LogP contribution < -0.4 is 5.32 Å². The first-order chi connectivity index (χ1) is 11.1. The molecule has 1 aliphatic heterocycles. The Kier molecular flexibility index (Phi) is 7.05. The molecule has 0 bridgehead atoms. The molecular formula is C19H30ClN3O. The van der Waals surface area contributed by atoms with Crippen LogP contribution in [0.1, 0.15) is 45.2 Å². The molecule has 24 heavy (non-hydrogen) atoms. The lowest BCUT2D eigenvalue weighted by atomic mass is 9.82. The summed E-state index contributed by atoms with van der Waals surface area (Å²) in [6.45, 7) is 7.39. The molecule has 3 rings (SSSR count). The Hall–Kier alpha value is -1.13. The molecule has 1 N–H and O–H groups in total. The summed E-state index contributed by atoms with van der Waals surface area (Å²) in [6, 6.07) is 6.35. The lowest BCUT2D eigenvalue weighted by Crippen LogP contribution is -2.42. The van der Waals surface area contributed by atoms with E-state index in [1.54, 1.807) is 0 Å². The van der Waals surface area contributed by atoms with Gasteiger partial charge in [-0.2, -0.15) is 0 Å². The molecule has 2 heterocycles. The number of hydrogen-bond acceptors (Lipinski definition) is 3. The summed E-state index contributed by atoms with van der Waals surface area (Å²) in [6.07, 6.45) is 6.34. The molecule has 134 valence electrons. The van der Waals surface area contributed by atoms with E-state index in [9.17, 15) is 4.79 Å². The highest BCUT2D eigenvalue weighted by Gasteiger charge is 2.36. The van der Waals surface area contributed by atoms with Gasteiger partial charge in [0.1, 0.15) is 0 Å². The van der Waals surface area contributed by atoms with Crippen LogP contribution >= 0.6 is 12.4 Å². The van der Waals surface area contributed by atoms with Crippen molar-refractivity contribution in [3.05, 3.63) is 30.1 Å². The Morgan fingerprint density at radius 1 is 1.33 bits per heavy atom. The summed E-state index contributed by atoms with van der Waals surface area (Å²) in [4.78, 5) is 19.2. The Labute approximate surface area is 151 Å². The number of nitrogens with one attached hydrogen (secondary N) is 1. The first-order valence-corrected chi connectivity index (χ1v) is 9.03. The highest BCUT2D eigenvalue weighted by molar-refractivity contribution is 5.85. The van der Waals surface area contributed by atoms with E-state index in [4.69, 9.17) is 0 Å². The number of halogens is 1. The fourth-order valence-corrected chi connectivity index (χ4v) is 3.82. The summed E-state index contributed by atoms with van der Waals surface area (Å²) in [5.41, 5.74) is 1.11. The third kappa shape index (κ3) is 4.93. The fraction of sp³-hybridized carbons (Fsp3) is 0.684. The van der Waals surface area contributed by atoms with Crippen LogP contribution in [-0.2, 0) is 11.3 Å². The number of carbonyl (C=O) groups excluding carboxylic acids is 1. The number of pyridine rings is 1. The van der Waals surface area contributed by atoms with Gasteiger partial charge in [0.25, 0.3) is 0 Å². The number of rotatable bonds is 6. The number of likely N-dealkylation sites (tertiary alicyclic amines) is 1. The number of nitrogens with zero attached hydrogens (tertiary/aromatic N) is 2. The molecule has 0 spiro atoms. The molecule has 2 fully saturated rings. The van der Waals surface area contributed by atoms with Crippen LogP contribution in [0.2, 0.25) is 0 Å². The van der Waals surface area contributed by atoms with Crippen LogP contribution in [0.4, 0.5) is 0 Å². The summed E-state index contributed by atoms with van der Waals surface area (Å²) in [5.74, 6) is 2.00. The van der Waals surface area contributed by atoms with Crippen molar-refractivity contribution in [2.75, 3.05) is 13.1 Å². The van der Waals surface area contributed by atoms with E-state index in [0.717, 1.165) is 31.7 Å². The smallest absolute Gasteiger partial charge is 0.220 e. The predicted molar refractivity (Wildman–Crippen MR) is 99.0 cm³/mol. The largest absolute Gasteiger partial charge is 0.352 e. The highest BCUT2D eigenvalue weighted by atomic mass is 35.5. The van der Waals surface area contributed by atoms with Crippen LogP contribution in [-0.4, -0.2) is 34.9 Å². The van der Waals surface area contributed by atoms with E-state index in [0.29, 0.717) is 17.8 Å². The van der Waals surface area contributed by atoms with E-state index in [1.165, 1.54) is 19.3 Å². The zero-order chi connectivity index (χ0) is 16.2. The maximum absolute atomic E-state index is 12.3. The standard InChI is InChI=1S/C19H29N3O.ClH/c1-14(2)17-12-22(11-16-8-3-4-9-20-16)13-18(17)21-19(23)10-15-6-5-7-15;/h3-4,8-9,14-15,17-18H,5-7,10-13H2,1-2H3,(H,21,23);1H/t17-,18+;/m1./s1. The van der Waals surface area contributed by atoms with Crippen LogP contribution in [0.15, 0.2) is 24.4 Å². The second kappa shape index (κ2) is 8.82. The molecule has 1 amide bonds. The number of carbonyl (C=O) groups is 1. The van der Waals surface area contributed by atoms with Crippen molar-refractivity contribution in [1.82, 2.24) is 15.2 Å². The van der Waals surface area contributed by atoms with E-state index >= 15 is 0 Å². The minimum absolute atomic E-state index is 0. The molecule has 1 aromatic heterocycles. The highest BCUT2D eigenvalue weighted by Crippen LogP contribution is 2.30.